The highest BCUT2D eigenvalue weighted by atomic mass is 28.4. The molecule has 0 unspecified atom stereocenters. The quantitative estimate of drug-likeness (QED) is 0.526. The molecule has 4 heteroatoms. The van der Waals surface area contributed by atoms with E-state index >= 15 is 0 Å². The van der Waals surface area contributed by atoms with Gasteiger partial charge < -0.3 is 14.8 Å². The van der Waals surface area contributed by atoms with E-state index in [-0.39, 0.29) is 17.7 Å². The van der Waals surface area contributed by atoms with Gasteiger partial charge in [-0.15, -0.1) is 0 Å². The third kappa shape index (κ3) is 4.83. The van der Waals surface area contributed by atoms with Gasteiger partial charge in [0.25, 0.3) is 8.32 Å². The van der Waals surface area contributed by atoms with Crippen LogP contribution in [0.4, 0.5) is 0 Å². The molecule has 3 nitrogen and oxygen atoms in total. The van der Waals surface area contributed by atoms with Crippen molar-refractivity contribution in [3.63, 3.8) is 0 Å². The van der Waals surface area contributed by atoms with Crippen molar-refractivity contribution in [1.29, 1.82) is 0 Å². The third-order valence-electron chi connectivity index (χ3n) is 4.82. The fourth-order valence-electron chi connectivity index (χ4n) is 3.47. The zero-order valence-electron chi connectivity index (χ0n) is 16.5. The Hall–Kier alpha value is -1.46. The van der Waals surface area contributed by atoms with E-state index in [1.54, 1.807) is 0 Å². The van der Waals surface area contributed by atoms with Crippen LogP contribution in [0.5, 0.6) is 0 Å². The summed E-state index contributed by atoms with van der Waals surface area (Å²) in [6.45, 7) is 10.6. The number of benzene rings is 2. The van der Waals surface area contributed by atoms with Gasteiger partial charge in [0.15, 0.2) is 0 Å². The molecule has 0 fully saturated rings. The molecule has 142 valence electrons. The molecule has 0 bridgehead atoms. The first-order valence-electron chi connectivity index (χ1n) is 9.51. The molecule has 2 rings (SSSR count). The van der Waals surface area contributed by atoms with E-state index in [0.717, 1.165) is 13.0 Å². The molecule has 0 aliphatic carbocycles. The first-order chi connectivity index (χ1) is 12.4. The summed E-state index contributed by atoms with van der Waals surface area (Å²) in [7, 11) is -2.41. The summed E-state index contributed by atoms with van der Waals surface area (Å²) in [6, 6.07) is 21.6. The van der Waals surface area contributed by atoms with Gasteiger partial charge in [0.2, 0.25) is 0 Å². The molecule has 26 heavy (non-hydrogen) atoms. The van der Waals surface area contributed by atoms with Crippen molar-refractivity contribution >= 4 is 18.7 Å². The van der Waals surface area contributed by atoms with E-state index in [9.17, 15) is 0 Å². The van der Waals surface area contributed by atoms with Crippen LogP contribution in [0.3, 0.4) is 0 Å². The lowest BCUT2D eigenvalue weighted by atomic mass is 10.2. The van der Waals surface area contributed by atoms with Crippen LogP contribution in [0.1, 0.15) is 34.1 Å². The van der Waals surface area contributed by atoms with E-state index in [1.165, 1.54) is 10.4 Å². The first kappa shape index (κ1) is 20.8. The highest BCUT2D eigenvalue weighted by Crippen LogP contribution is 2.36. The van der Waals surface area contributed by atoms with Crippen LogP contribution in [0, 0.1) is 0 Å². The Morgan fingerprint density at radius 3 is 1.88 bits per heavy atom. The van der Waals surface area contributed by atoms with Crippen LogP contribution >= 0.6 is 0 Å². The Morgan fingerprint density at radius 2 is 1.46 bits per heavy atom. The largest absolute Gasteiger partial charge is 0.407 e. The van der Waals surface area contributed by atoms with Crippen molar-refractivity contribution in [2.45, 2.75) is 45.2 Å². The van der Waals surface area contributed by atoms with Crippen molar-refractivity contribution in [2.24, 2.45) is 0 Å². The summed E-state index contributed by atoms with van der Waals surface area (Å²) in [4.78, 5) is 0. The first-order valence-corrected chi connectivity index (χ1v) is 11.4. The lowest BCUT2D eigenvalue weighted by Gasteiger charge is -2.43. The average molecular weight is 372 g/mol. The maximum absolute atomic E-state index is 9.14. The second-order valence-electron chi connectivity index (χ2n) is 7.90. The Bertz CT molecular complexity index is 601. The second kappa shape index (κ2) is 9.47. The summed E-state index contributed by atoms with van der Waals surface area (Å²) in [5, 5.41) is 15.1. The topological polar surface area (TPSA) is 41.5 Å². The van der Waals surface area contributed by atoms with Crippen LogP contribution in [0.25, 0.3) is 0 Å². The van der Waals surface area contributed by atoms with Gasteiger partial charge >= 0.3 is 0 Å². The molecule has 2 aromatic rings. The summed E-state index contributed by atoms with van der Waals surface area (Å²) in [5.41, 5.74) is 0. The SMILES string of the molecule is C[C@@H](CO)NCCCO[Si](c1ccccc1)(c1ccccc1)C(C)(C)C. The van der Waals surface area contributed by atoms with Crippen LogP contribution in [0.15, 0.2) is 60.7 Å². The highest BCUT2D eigenvalue weighted by Gasteiger charge is 2.49. The van der Waals surface area contributed by atoms with Crippen molar-refractivity contribution in [3.8, 4) is 0 Å². The van der Waals surface area contributed by atoms with E-state index in [1.807, 2.05) is 6.92 Å². The minimum Gasteiger partial charge on any atom is -0.407 e. The lowest BCUT2D eigenvalue weighted by molar-refractivity contribution is 0.243. The van der Waals surface area contributed by atoms with E-state index in [2.05, 4.69) is 86.8 Å². The van der Waals surface area contributed by atoms with Gasteiger partial charge in [-0.2, -0.15) is 0 Å². The molecule has 0 saturated heterocycles. The smallest absolute Gasteiger partial charge is 0.261 e. The lowest BCUT2D eigenvalue weighted by Crippen LogP contribution is -2.66. The van der Waals surface area contributed by atoms with Gasteiger partial charge in [-0.3, -0.25) is 0 Å². The Balaban J connectivity index is 2.29. The molecule has 0 spiro atoms. The number of nitrogens with one attached hydrogen (secondary N) is 1. The Kier molecular flexibility index (Phi) is 7.59. The maximum atomic E-state index is 9.14. The van der Waals surface area contributed by atoms with Crippen molar-refractivity contribution in [3.05, 3.63) is 60.7 Å². The minimum atomic E-state index is -2.41. The number of hydrogen-bond donors (Lipinski definition) is 2. The molecule has 0 aliphatic rings. The zero-order valence-corrected chi connectivity index (χ0v) is 17.5. The van der Waals surface area contributed by atoms with Crippen molar-refractivity contribution in [1.82, 2.24) is 5.32 Å². The number of aliphatic hydroxyl groups excluding tert-OH is 1. The number of rotatable bonds is 9. The molecule has 2 aromatic carbocycles. The van der Waals surface area contributed by atoms with Crippen LogP contribution < -0.4 is 15.7 Å². The normalized spacial score (nSPS) is 13.6. The molecule has 1 atom stereocenters. The fourth-order valence-corrected chi connectivity index (χ4v) is 8.08. The highest BCUT2D eigenvalue weighted by molar-refractivity contribution is 6.99. The van der Waals surface area contributed by atoms with Crippen molar-refractivity contribution in [2.75, 3.05) is 19.8 Å². The van der Waals surface area contributed by atoms with Gasteiger partial charge in [0.05, 0.1) is 6.61 Å². The third-order valence-corrected chi connectivity index (χ3v) is 9.87. The van der Waals surface area contributed by atoms with Gasteiger partial charge in [0, 0.05) is 12.6 Å². The standard InChI is InChI=1S/C22H33NO2Si/c1-19(18-24)23-16-11-17-25-26(22(2,3)4,20-12-7-5-8-13-20)21-14-9-6-10-15-21/h5-10,12-15,19,23-24H,11,16-18H2,1-4H3/t19-/m0/s1. The number of aliphatic hydroxyl groups is 1. The predicted octanol–water partition coefficient (Wildman–Crippen LogP) is 2.92. The minimum absolute atomic E-state index is 0.0154. The molecular weight excluding hydrogens is 338 g/mol. The molecular formula is C22H33NO2Si. The van der Waals surface area contributed by atoms with E-state index in [0.29, 0.717) is 6.61 Å². The second-order valence-corrected chi connectivity index (χ2v) is 12.2. The molecule has 0 radical (unpaired) electrons. The fraction of sp³-hybridized carbons (Fsp3) is 0.455. The summed E-state index contributed by atoms with van der Waals surface area (Å²) < 4.78 is 6.82. The van der Waals surface area contributed by atoms with Crippen LogP contribution in [-0.4, -0.2) is 39.2 Å². The monoisotopic (exact) mass is 371 g/mol. The summed E-state index contributed by atoms with van der Waals surface area (Å²) >= 11 is 0. The zero-order chi connectivity index (χ0) is 19.0. The molecule has 0 amide bonds. The molecule has 0 aliphatic heterocycles. The molecule has 0 heterocycles. The van der Waals surface area contributed by atoms with Crippen LogP contribution in [-0.2, 0) is 4.43 Å². The molecule has 0 saturated carbocycles. The van der Waals surface area contributed by atoms with Gasteiger partial charge in [-0.1, -0.05) is 81.4 Å². The summed E-state index contributed by atoms with van der Waals surface area (Å²) in [6.07, 6.45) is 0.925. The Labute approximate surface area is 159 Å². The molecule has 0 aromatic heterocycles. The predicted molar refractivity (Wildman–Crippen MR) is 113 cm³/mol. The average Bonchev–Trinajstić information content (AvgIpc) is 2.65. The molecule has 2 N–H and O–H groups in total. The van der Waals surface area contributed by atoms with Gasteiger partial charge in [-0.05, 0) is 35.3 Å². The van der Waals surface area contributed by atoms with Gasteiger partial charge in [0.1, 0.15) is 0 Å². The van der Waals surface area contributed by atoms with Crippen LogP contribution in [0.2, 0.25) is 5.04 Å². The van der Waals surface area contributed by atoms with E-state index < -0.39 is 8.32 Å². The van der Waals surface area contributed by atoms with E-state index in [4.69, 9.17) is 9.53 Å². The summed E-state index contributed by atoms with van der Waals surface area (Å²) in [5.74, 6) is 0. The maximum Gasteiger partial charge on any atom is 0.261 e. The van der Waals surface area contributed by atoms with Gasteiger partial charge in [-0.25, -0.2) is 0 Å². The van der Waals surface area contributed by atoms with Crippen molar-refractivity contribution < 1.29 is 9.53 Å². The Morgan fingerprint density at radius 1 is 0.962 bits per heavy atom. The number of hydrogen-bond acceptors (Lipinski definition) is 3.